The summed E-state index contributed by atoms with van der Waals surface area (Å²) < 4.78 is 7.73. The summed E-state index contributed by atoms with van der Waals surface area (Å²) in [5.41, 5.74) is 1.45. The van der Waals surface area contributed by atoms with Crippen LogP contribution in [-0.2, 0) is 9.53 Å². The van der Waals surface area contributed by atoms with Crippen LogP contribution >= 0.6 is 11.8 Å². The molecule has 0 radical (unpaired) electrons. The van der Waals surface area contributed by atoms with Gasteiger partial charge in [0.05, 0.1) is 17.3 Å². The van der Waals surface area contributed by atoms with Crippen LogP contribution in [0.4, 0.5) is 10.6 Å². The number of anilines is 1. The largest absolute Gasteiger partial charge is 0.444 e. The van der Waals surface area contributed by atoms with Crippen molar-refractivity contribution < 1.29 is 14.3 Å². The standard InChI is InChI=1S/C27H38N6O3S/c1-20-16-24(33(28-20)21-8-6-5-7-9-21)30-12-10-29(11-13-30)22-17-23(25(34)31-14-15-37-19-31)32(18-22)26(35)36-27(2,3)4/h5-9,16,22-23H,10-15,17-19H2,1-4H3/t22-,23+/m0/s1. The molecule has 5 rings (SSSR count). The number of aryl methyl sites for hydroxylation is 1. The maximum Gasteiger partial charge on any atom is 0.411 e. The predicted octanol–water partition coefficient (Wildman–Crippen LogP) is 3.21. The molecule has 200 valence electrons. The number of nitrogens with zero attached hydrogens (tertiary/aromatic N) is 6. The molecule has 2 amide bonds. The van der Waals surface area contributed by atoms with Gasteiger partial charge in [0.1, 0.15) is 17.5 Å². The first kappa shape index (κ1) is 25.9. The van der Waals surface area contributed by atoms with E-state index in [-0.39, 0.29) is 18.0 Å². The van der Waals surface area contributed by atoms with Crippen molar-refractivity contribution in [2.75, 3.05) is 55.8 Å². The highest BCUT2D eigenvalue weighted by atomic mass is 32.2. The number of likely N-dealkylation sites (tertiary alicyclic amines) is 1. The maximum atomic E-state index is 13.4. The first-order chi connectivity index (χ1) is 17.7. The molecule has 0 N–H and O–H groups in total. The average Bonchev–Trinajstić information content (AvgIpc) is 3.63. The Morgan fingerprint density at radius 3 is 2.43 bits per heavy atom. The van der Waals surface area contributed by atoms with Gasteiger partial charge in [-0.2, -0.15) is 5.10 Å². The van der Waals surface area contributed by atoms with Gasteiger partial charge in [-0.3, -0.25) is 14.6 Å². The van der Waals surface area contributed by atoms with Crippen molar-refractivity contribution in [2.24, 2.45) is 0 Å². The van der Waals surface area contributed by atoms with Crippen LogP contribution in [0.5, 0.6) is 0 Å². The molecule has 2 aromatic rings. The minimum Gasteiger partial charge on any atom is -0.444 e. The van der Waals surface area contributed by atoms with Gasteiger partial charge in [0.2, 0.25) is 5.91 Å². The summed E-state index contributed by atoms with van der Waals surface area (Å²) in [6.07, 6.45) is 0.265. The van der Waals surface area contributed by atoms with Gasteiger partial charge in [-0.1, -0.05) is 18.2 Å². The zero-order valence-electron chi connectivity index (χ0n) is 22.3. The summed E-state index contributed by atoms with van der Waals surface area (Å²) >= 11 is 1.76. The van der Waals surface area contributed by atoms with Gasteiger partial charge in [-0.05, 0) is 46.2 Å². The number of piperazine rings is 1. The molecule has 3 fully saturated rings. The number of rotatable bonds is 4. The van der Waals surface area contributed by atoms with Crippen LogP contribution in [0.1, 0.15) is 32.9 Å². The van der Waals surface area contributed by atoms with Crippen LogP contribution in [0.15, 0.2) is 36.4 Å². The molecule has 3 aliphatic heterocycles. The second kappa shape index (κ2) is 10.6. The second-order valence-electron chi connectivity index (χ2n) is 11.1. The highest BCUT2D eigenvalue weighted by Gasteiger charge is 2.45. The molecule has 0 unspecified atom stereocenters. The number of para-hydroxylation sites is 1. The first-order valence-corrected chi connectivity index (χ1v) is 14.3. The summed E-state index contributed by atoms with van der Waals surface area (Å²) in [6.45, 7) is 12.4. The number of carbonyl (C=O) groups is 2. The van der Waals surface area contributed by atoms with Crippen LogP contribution < -0.4 is 4.90 Å². The topological polar surface area (TPSA) is 74.2 Å². The monoisotopic (exact) mass is 526 g/mol. The van der Waals surface area contributed by atoms with Crippen molar-refractivity contribution in [1.82, 2.24) is 24.5 Å². The summed E-state index contributed by atoms with van der Waals surface area (Å²) in [7, 11) is 0. The summed E-state index contributed by atoms with van der Waals surface area (Å²) in [5.74, 6) is 2.81. The van der Waals surface area contributed by atoms with E-state index in [0.717, 1.165) is 55.7 Å². The molecule has 9 nitrogen and oxygen atoms in total. The van der Waals surface area contributed by atoms with E-state index in [2.05, 4.69) is 28.0 Å². The van der Waals surface area contributed by atoms with Crippen molar-refractivity contribution in [2.45, 2.75) is 51.8 Å². The SMILES string of the molecule is Cc1cc(N2CCN([C@H]3C[C@H](C(=O)N4CCSC4)N(C(=O)OC(C)(C)C)C3)CC2)n(-c2ccccc2)n1. The lowest BCUT2D eigenvalue weighted by atomic mass is 10.1. The van der Waals surface area contributed by atoms with Crippen LogP contribution in [0.3, 0.4) is 0 Å². The minimum atomic E-state index is -0.599. The van der Waals surface area contributed by atoms with Crippen molar-refractivity contribution in [3.63, 3.8) is 0 Å². The Morgan fingerprint density at radius 2 is 1.78 bits per heavy atom. The zero-order chi connectivity index (χ0) is 26.2. The molecule has 37 heavy (non-hydrogen) atoms. The fourth-order valence-electron chi connectivity index (χ4n) is 5.42. The molecular formula is C27H38N6O3S. The summed E-state index contributed by atoms with van der Waals surface area (Å²) in [5, 5.41) is 4.74. The third kappa shape index (κ3) is 5.75. The highest BCUT2D eigenvalue weighted by Crippen LogP contribution is 2.30. The van der Waals surface area contributed by atoms with E-state index in [0.29, 0.717) is 18.8 Å². The van der Waals surface area contributed by atoms with Gasteiger partial charge in [-0.15, -0.1) is 11.8 Å². The van der Waals surface area contributed by atoms with Crippen LogP contribution in [0.2, 0.25) is 0 Å². The van der Waals surface area contributed by atoms with Crippen molar-refractivity contribution >= 4 is 29.6 Å². The third-order valence-corrected chi connectivity index (χ3v) is 8.19. The molecule has 4 heterocycles. The van der Waals surface area contributed by atoms with E-state index in [9.17, 15) is 9.59 Å². The highest BCUT2D eigenvalue weighted by molar-refractivity contribution is 7.99. The fourth-order valence-corrected chi connectivity index (χ4v) is 6.38. The molecule has 1 aromatic carbocycles. The van der Waals surface area contributed by atoms with Gasteiger partial charge in [0, 0.05) is 57.1 Å². The lowest BCUT2D eigenvalue weighted by Gasteiger charge is -2.38. The van der Waals surface area contributed by atoms with Crippen molar-refractivity contribution in [1.29, 1.82) is 0 Å². The molecule has 3 aliphatic rings. The predicted molar refractivity (Wildman–Crippen MR) is 146 cm³/mol. The molecular weight excluding hydrogens is 488 g/mol. The Kier molecular flexibility index (Phi) is 7.40. The Bertz CT molecular complexity index is 1100. The smallest absolute Gasteiger partial charge is 0.411 e. The molecule has 3 saturated heterocycles. The number of hydrogen-bond donors (Lipinski definition) is 0. The van der Waals surface area contributed by atoms with E-state index in [1.54, 1.807) is 16.7 Å². The number of amides is 2. The van der Waals surface area contributed by atoms with E-state index in [1.165, 1.54) is 0 Å². The van der Waals surface area contributed by atoms with Gasteiger partial charge in [-0.25, -0.2) is 9.48 Å². The Balaban J connectivity index is 1.27. The number of thioether (sulfide) groups is 1. The van der Waals surface area contributed by atoms with Crippen LogP contribution in [0.25, 0.3) is 5.69 Å². The van der Waals surface area contributed by atoms with E-state index >= 15 is 0 Å². The van der Waals surface area contributed by atoms with E-state index in [1.807, 2.05) is 55.5 Å². The summed E-state index contributed by atoms with van der Waals surface area (Å²) in [4.78, 5) is 34.9. The third-order valence-electron chi connectivity index (χ3n) is 7.22. The lowest BCUT2D eigenvalue weighted by Crippen LogP contribution is -2.51. The van der Waals surface area contributed by atoms with E-state index in [4.69, 9.17) is 9.84 Å². The van der Waals surface area contributed by atoms with E-state index < -0.39 is 11.6 Å². The van der Waals surface area contributed by atoms with Crippen LogP contribution in [0, 0.1) is 6.92 Å². The Morgan fingerprint density at radius 1 is 1.05 bits per heavy atom. The molecule has 0 spiro atoms. The number of carbonyl (C=O) groups excluding carboxylic acids is 2. The second-order valence-corrected chi connectivity index (χ2v) is 12.2. The quantitative estimate of drug-likeness (QED) is 0.606. The normalized spacial score (nSPS) is 23.1. The van der Waals surface area contributed by atoms with Gasteiger partial charge < -0.3 is 14.5 Å². The van der Waals surface area contributed by atoms with Gasteiger partial charge >= 0.3 is 6.09 Å². The maximum absolute atomic E-state index is 13.4. The fraction of sp³-hybridized carbons (Fsp3) is 0.593. The number of benzene rings is 1. The molecule has 10 heteroatoms. The summed E-state index contributed by atoms with van der Waals surface area (Å²) in [6, 6.07) is 12.1. The lowest BCUT2D eigenvalue weighted by molar-refractivity contribution is -0.134. The van der Waals surface area contributed by atoms with Crippen molar-refractivity contribution in [3.8, 4) is 5.69 Å². The molecule has 0 bridgehead atoms. The molecule has 0 aliphatic carbocycles. The molecule has 0 saturated carbocycles. The average molecular weight is 527 g/mol. The first-order valence-electron chi connectivity index (χ1n) is 13.2. The van der Waals surface area contributed by atoms with Gasteiger partial charge in [0.25, 0.3) is 0 Å². The Hall–Kier alpha value is -2.72. The van der Waals surface area contributed by atoms with Crippen molar-refractivity contribution in [3.05, 3.63) is 42.1 Å². The molecule has 2 atom stereocenters. The van der Waals surface area contributed by atoms with Gasteiger partial charge in [0.15, 0.2) is 0 Å². The minimum absolute atomic E-state index is 0.0548. The van der Waals surface area contributed by atoms with Crippen LogP contribution in [-0.4, -0.2) is 105 Å². The number of aromatic nitrogens is 2. The number of ether oxygens (including phenoxy) is 1. The molecule has 1 aromatic heterocycles. The Labute approximate surface area is 223 Å². The zero-order valence-corrected chi connectivity index (χ0v) is 23.1. The number of hydrogen-bond acceptors (Lipinski definition) is 7.